The molecule has 5 atom stereocenters. The molecule has 0 amide bonds. The lowest BCUT2D eigenvalue weighted by Gasteiger charge is -2.43. The second-order valence-electron chi connectivity index (χ2n) is 6.93. The third-order valence-electron chi connectivity index (χ3n) is 4.84. The highest BCUT2D eigenvalue weighted by atomic mass is 16.7. The molecule has 30 heavy (non-hydrogen) atoms. The first kappa shape index (κ1) is 23.5. The van der Waals surface area contributed by atoms with Crippen molar-refractivity contribution < 1.29 is 42.8 Å². The minimum atomic E-state index is -1.06. The molecule has 1 aliphatic rings. The van der Waals surface area contributed by atoms with Crippen molar-refractivity contribution in [2.75, 3.05) is 14.2 Å². The van der Waals surface area contributed by atoms with Crippen LogP contribution >= 0.6 is 0 Å². The summed E-state index contributed by atoms with van der Waals surface area (Å²) in [5.41, 5.74) is 0.278. The van der Waals surface area contributed by atoms with Gasteiger partial charge in [-0.05, 0) is 24.6 Å². The molecule has 1 fully saturated rings. The van der Waals surface area contributed by atoms with Crippen LogP contribution < -0.4 is 9.47 Å². The van der Waals surface area contributed by atoms with Crippen LogP contribution in [0.5, 0.6) is 11.5 Å². The van der Waals surface area contributed by atoms with Crippen molar-refractivity contribution in [3.05, 3.63) is 23.8 Å². The largest absolute Gasteiger partial charge is 0.493 e. The molecule has 0 saturated carbocycles. The van der Waals surface area contributed by atoms with E-state index in [9.17, 15) is 14.4 Å². The first-order valence-corrected chi connectivity index (χ1v) is 9.64. The first-order chi connectivity index (χ1) is 14.2. The van der Waals surface area contributed by atoms with Crippen molar-refractivity contribution >= 4 is 17.9 Å². The van der Waals surface area contributed by atoms with Gasteiger partial charge in [-0.25, -0.2) is 4.79 Å². The molecule has 1 heterocycles. The van der Waals surface area contributed by atoms with E-state index in [1.165, 1.54) is 46.3 Å². The molecule has 0 unspecified atom stereocenters. The predicted molar refractivity (Wildman–Crippen MR) is 104 cm³/mol. The third kappa shape index (κ3) is 5.41. The lowest BCUT2D eigenvalue weighted by molar-refractivity contribution is -0.266. The molecule has 166 valence electrons. The molecule has 0 aliphatic carbocycles. The Labute approximate surface area is 175 Å². The summed E-state index contributed by atoms with van der Waals surface area (Å²) in [5, 5.41) is 0. The van der Waals surface area contributed by atoms with Crippen LogP contribution in [0.15, 0.2) is 18.2 Å². The number of carbonyl (C=O) groups is 3. The average Bonchev–Trinajstić information content (AvgIpc) is 2.71. The summed E-state index contributed by atoms with van der Waals surface area (Å²) in [5.74, 6) is -1.30. The van der Waals surface area contributed by atoms with Crippen LogP contribution in [-0.2, 0) is 28.5 Å². The molecule has 9 heteroatoms. The van der Waals surface area contributed by atoms with E-state index >= 15 is 0 Å². The van der Waals surface area contributed by atoms with Gasteiger partial charge >= 0.3 is 17.9 Å². The van der Waals surface area contributed by atoms with Crippen molar-refractivity contribution in [2.24, 2.45) is 5.92 Å². The Morgan fingerprint density at radius 2 is 1.63 bits per heavy atom. The van der Waals surface area contributed by atoms with Gasteiger partial charge in [0, 0.05) is 19.8 Å². The Hall–Kier alpha value is -2.81. The summed E-state index contributed by atoms with van der Waals surface area (Å²) in [4.78, 5) is 35.2. The van der Waals surface area contributed by atoms with E-state index in [4.69, 9.17) is 28.4 Å². The Balaban J connectivity index is 2.39. The normalized spacial score (nSPS) is 25.7. The van der Waals surface area contributed by atoms with Gasteiger partial charge in [0.25, 0.3) is 0 Å². The smallest absolute Gasteiger partial charge is 0.337 e. The molecule has 1 saturated heterocycles. The minimum absolute atomic E-state index is 0.230. The van der Waals surface area contributed by atoms with Gasteiger partial charge in [0.2, 0.25) is 12.4 Å². The van der Waals surface area contributed by atoms with Crippen LogP contribution in [0, 0.1) is 5.92 Å². The predicted octanol–water partition coefficient (Wildman–Crippen LogP) is 2.50. The van der Waals surface area contributed by atoms with E-state index in [1.807, 2.05) is 13.8 Å². The summed E-state index contributed by atoms with van der Waals surface area (Å²) >= 11 is 0. The third-order valence-corrected chi connectivity index (χ3v) is 4.84. The van der Waals surface area contributed by atoms with Gasteiger partial charge in [0.05, 0.1) is 25.9 Å². The quantitative estimate of drug-likeness (QED) is 0.482. The zero-order chi connectivity index (χ0) is 22.4. The maximum absolute atomic E-state index is 11.8. The highest BCUT2D eigenvalue weighted by molar-refractivity contribution is 5.90. The van der Waals surface area contributed by atoms with Crippen LogP contribution in [0.25, 0.3) is 0 Å². The Bertz CT molecular complexity index is 776. The molecule has 0 N–H and O–H groups in total. The van der Waals surface area contributed by atoms with Crippen molar-refractivity contribution in [3.8, 4) is 11.5 Å². The van der Waals surface area contributed by atoms with Gasteiger partial charge in [-0.1, -0.05) is 13.8 Å². The highest BCUT2D eigenvalue weighted by Gasteiger charge is 2.48. The molecule has 1 aromatic rings. The lowest BCUT2D eigenvalue weighted by atomic mass is 9.89. The number of hydrogen-bond acceptors (Lipinski definition) is 9. The number of methoxy groups -OCH3 is 2. The average molecular weight is 424 g/mol. The van der Waals surface area contributed by atoms with Crippen LogP contribution in [0.1, 0.15) is 44.5 Å². The summed E-state index contributed by atoms with van der Waals surface area (Å²) in [6.07, 6.45) is -2.47. The number of hydrogen-bond donors (Lipinski definition) is 0. The Morgan fingerprint density at radius 3 is 2.17 bits per heavy atom. The van der Waals surface area contributed by atoms with Gasteiger partial charge in [-0.15, -0.1) is 0 Å². The molecular formula is C21H28O9. The molecule has 9 nitrogen and oxygen atoms in total. The Kier molecular flexibility index (Phi) is 8.05. The van der Waals surface area contributed by atoms with Crippen molar-refractivity contribution in [2.45, 2.75) is 58.7 Å². The summed E-state index contributed by atoms with van der Waals surface area (Å²) < 4.78 is 33.0. The van der Waals surface area contributed by atoms with Gasteiger partial charge in [0.1, 0.15) is 6.10 Å². The molecule has 0 aromatic heterocycles. The zero-order valence-electron chi connectivity index (χ0n) is 18.0. The summed E-state index contributed by atoms with van der Waals surface area (Å²) in [6.45, 7) is 6.34. The van der Waals surface area contributed by atoms with Crippen LogP contribution in [0.2, 0.25) is 0 Å². The minimum Gasteiger partial charge on any atom is -0.493 e. The fraction of sp³-hybridized carbons (Fsp3) is 0.571. The number of benzene rings is 1. The summed E-state index contributed by atoms with van der Waals surface area (Å²) in [6, 6.07) is 4.50. The number of ether oxygens (including phenoxy) is 6. The van der Waals surface area contributed by atoms with E-state index < -0.39 is 36.4 Å². The molecule has 0 radical (unpaired) electrons. The van der Waals surface area contributed by atoms with Gasteiger partial charge < -0.3 is 28.4 Å². The van der Waals surface area contributed by atoms with Crippen molar-refractivity contribution in [1.29, 1.82) is 0 Å². The molecule has 1 aromatic carbocycles. The lowest BCUT2D eigenvalue weighted by Crippen LogP contribution is -2.58. The van der Waals surface area contributed by atoms with E-state index in [2.05, 4.69) is 0 Å². The van der Waals surface area contributed by atoms with Crippen molar-refractivity contribution in [3.63, 3.8) is 0 Å². The van der Waals surface area contributed by atoms with Crippen LogP contribution in [-0.4, -0.2) is 56.7 Å². The first-order valence-electron chi connectivity index (χ1n) is 9.64. The molecular weight excluding hydrogens is 396 g/mol. The van der Waals surface area contributed by atoms with E-state index in [1.54, 1.807) is 0 Å². The number of esters is 3. The number of carbonyl (C=O) groups excluding carboxylic acids is 3. The topological polar surface area (TPSA) is 107 Å². The molecule has 2 rings (SSSR count). The Morgan fingerprint density at radius 1 is 1.00 bits per heavy atom. The van der Waals surface area contributed by atoms with E-state index in [0.29, 0.717) is 6.42 Å². The monoisotopic (exact) mass is 424 g/mol. The fourth-order valence-electron chi connectivity index (χ4n) is 3.42. The molecule has 0 bridgehead atoms. The van der Waals surface area contributed by atoms with Gasteiger partial charge in [-0.2, -0.15) is 0 Å². The second kappa shape index (κ2) is 10.3. The van der Waals surface area contributed by atoms with Crippen LogP contribution in [0.4, 0.5) is 0 Å². The van der Waals surface area contributed by atoms with Crippen LogP contribution in [0.3, 0.4) is 0 Å². The van der Waals surface area contributed by atoms with E-state index in [-0.39, 0.29) is 29.1 Å². The van der Waals surface area contributed by atoms with E-state index in [0.717, 1.165) is 0 Å². The molecule has 1 aliphatic heterocycles. The maximum Gasteiger partial charge on any atom is 0.337 e. The number of rotatable bonds is 7. The second-order valence-corrected chi connectivity index (χ2v) is 6.93. The standard InChI is InChI=1S/C21H28O9/c1-7-15-11(2)18(27-12(3)22)19(28-13(4)23)21(29-15)30-16-9-8-14(20(24)26-6)10-17(16)25-5/h8-11,15,18-19,21H,7H2,1-6H3/t11-,15-,18+,19-,21+/m1/s1. The van der Waals surface area contributed by atoms with Gasteiger partial charge in [-0.3, -0.25) is 9.59 Å². The van der Waals surface area contributed by atoms with Gasteiger partial charge in [0.15, 0.2) is 11.5 Å². The highest BCUT2D eigenvalue weighted by Crippen LogP contribution is 2.36. The van der Waals surface area contributed by atoms with Crippen molar-refractivity contribution in [1.82, 2.24) is 0 Å². The SMILES string of the molecule is CC[C@H]1O[C@@H](Oc2ccc(C(=O)OC)cc2OC)[C@H](OC(C)=O)[C@@H](OC(C)=O)[C@@H]1C. The summed E-state index contributed by atoms with van der Waals surface area (Å²) in [7, 11) is 2.70. The maximum atomic E-state index is 11.8. The zero-order valence-corrected chi connectivity index (χ0v) is 18.0. The fourth-order valence-corrected chi connectivity index (χ4v) is 3.42. The molecule has 0 spiro atoms.